The van der Waals surface area contributed by atoms with Crippen LogP contribution in [-0.4, -0.2) is 21.2 Å². The van der Waals surface area contributed by atoms with Gasteiger partial charge in [-0.3, -0.25) is 9.36 Å². The molecule has 4 nitrogen and oxygen atoms in total. The first-order valence-electron chi connectivity index (χ1n) is 9.39. The van der Waals surface area contributed by atoms with E-state index in [1.807, 2.05) is 85.9 Å². The van der Waals surface area contributed by atoms with Crippen molar-refractivity contribution in [3.8, 4) is 16.9 Å². The van der Waals surface area contributed by atoms with Crippen molar-refractivity contribution in [1.82, 2.24) is 9.55 Å². The molecular weight excluding hydrogens is 378 g/mol. The zero-order valence-electron chi connectivity index (χ0n) is 16.1. The number of hydrogen-bond donors (Lipinski definition) is 1. The third-order valence-electron chi connectivity index (χ3n) is 4.56. The van der Waals surface area contributed by atoms with Crippen molar-refractivity contribution >= 4 is 23.4 Å². The maximum absolute atomic E-state index is 12.5. The van der Waals surface area contributed by atoms with E-state index in [9.17, 15) is 4.79 Å². The molecule has 0 fully saturated rings. The Balaban J connectivity index is 1.58. The molecule has 1 amide bonds. The van der Waals surface area contributed by atoms with Crippen LogP contribution in [0, 0.1) is 6.92 Å². The molecule has 0 aliphatic rings. The normalized spacial score (nSPS) is 10.7. The summed E-state index contributed by atoms with van der Waals surface area (Å²) in [7, 11) is 0. The molecule has 144 valence electrons. The molecule has 4 rings (SSSR count). The Kier molecular flexibility index (Phi) is 5.77. The van der Waals surface area contributed by atoms with Crippen molar-refractivity contribution in [2.24, 2.45) is 0 Å². The Hall–Kier alpha value is -3.31. The molecule has 0 radical (unpaired) electrons. The van der Waals surface area contributed by atoms with Crippen molar-refractivity contribution < 1.29 is 4.79 Å². The molecule has 5 heteroatoms. The van der Waals surface area contributed by atoms with Gasteiger partial charge in [-0.1, -0.05) is 78.5 Å². The second-order valence-electron chi connectivity index (χ2n) is 6.61. The lowest BCUT2D eigenvalue weighted by Gasteiger charge is -2.12. The Morgan fingerprint density at radius 3 is 2.31 bits per heavy atom. The minimum Gasteiger partial charge on any atom is -0.325 e. The van der Waals surface area contributed by atoms with Crippen LogP contribution in [0.5, 0.6) is 0 Å². The van der Waals surface area contributed by atoms with Gasteiger partial charge in [-0.2, -0.15) is 0 Å². The zero-order chi connectivity index (χ0) is 20.1. The molecule has 1 heterocycles. The van der Waals surface area contributed by atoms with Crippen LogP contribution >= 0.6 is 11.8 Å². The van der Waals surface area contributed by atoms with Crippen molar-refractivity contribution in [2.75, 3.05) is 11.1 Å². The molecule has 0 aliphatic heterocycles. The van der Waals surface area contributed by atoms with E-state index < -0.39 is 0 Å². The monoisotopic (exact) mass is 399 g/mol. The van der Waals surface area contributed by atoms with Crippen LogP contribution in [-0.2, 0) is 4.79 Å². The highest BCUT2D eigenvalue weighted by Crippen LogP contribution is 2.29. The smallest absolute Gasteiger partial charge is 0.234 e. The largest absolute Gasteiger partial charge is 0.325 e. The minimum atomic E-state index is -0.0480. The number of imidazole rings is 1. The highest BCUT2D eigenvalue weighted by atomic mass is 32.2. The number of nitrogens with one attached hydrogen (secondary N) is 1. The summed E-state index contributed by atoms with van der Waals surface area (Å²) in [5.74, 6) is 0.236. The van der Waals surface area contributed by atoms with E-state index in [1.54, 1.807) is 0 Å². The highest BCUT2D eigenvalue weighted by molar-refractivity contribution is 7.99. The van der Waals surface area contributed by atoms with E-state index in [1.165, 1.54) is 11.8 Å². The van der Waals surface area contributed by atoms with E-state index in [0.29, 0.717) is 0 Å². The first kappa shape index (κ1) is 19.0. The van der Waals surface area contributed by atoms with Gasteiger partial charge in [0.2, 0.25) is 5.91 Å². The van der Waals surface area contributed by atoms with Gasteiger partial charge in [0.05, 0.1) is 17.6 Å². The zero-order valence-corrected chi connectivity index (χ0v) is 16.9. The number of thioether (sulfide) groups is 1. The summed E-state index contributed by atoms with van der Waals surface area (Å²) < 4.78 is 2.10. The fraction of sp³-hybridized carbons (Fsp3) is 0.0833. The molecular formula is C24H21N3OS. The number of amides is 1. The maximum atomic E-state index is 12.5. The molecule has 4 aromatic rings. The van der Waals surface area contributed by atoms with Crippen LogP contribution in [0.3, 0.4) is 0 Å². The molecule has 0 saturated heterocycles. The number of carbonyl (C=O) groups is 1. The molecule has 29 heavy (non-hydrogen) atoms. The van der Waals surface area contributed by atoms with Gasteiger partial charge in [-0.05, 0) is 30.7 Å². The van der Waals surface area contributed by atoms with Gasteiger partial charge in [0.15, 0.2) is 5.16 Å². The fourth-order valence-electron chi connectivity index (χ4n) is 3.11. The molecule has 0 saturated carbocycles. The highest BCUT2D eigenvalue weighted by Gasteiger charge is 2.15. The number of para-hydroxylation sites is 2. The van der Waals surface area contributed by atoms with Crippen LogP contribution < -0.4 is 5.32 Å². The van der Waals surface area contributed by atoms with Crippen molar-refractivity contribution in [3.05, 3.63) is 96.7 Å². The van der Waals surface area contributed by atoms with Gasteiger partial charge in [-0.15, -0.1) is 0 Å². The van der Waals surface area contributed by atoms with E-state index in [0.717, 1.165) is 33.4 Å². The lowest BCUT2D eigenvalue weighted by molar-refractivity contribution is -0.113. The Bertz CT molecular complexity index is 1110. The predicted molar refractivity (Wildman–Crippen MR) is 120 cm³/mol. The lowest BCUT2D eigenvalue weighted by Crippen LogP contribution is -2.15. The summed E-state index contributed by atoms with van der Waals surface area (Å²) in [5.41, 5.74) is 4.99. The van der Waals surface area contributed by atoms with Gasteiger partial charge in [0, 0.05) is 16.9 Å². The first-order chi connectivity index (χ1) is 14.2. The number of rotatable bonds is 6. The molecule has 0 bridgehead atoms. The molecule has 0 unspecified atom stereocenters. The van der Waals surface area contributed by atoms with E-state index >= 15 is 0 Å². The quantitative estimate of drug-likeness (QED) is 0.431. The predicted octanol–water partition coefficient (Wildman–Crippen LogP) is 5.58. The van der Waals surface area contributed by atoms with Gasteiger partial charge < -0.3 is 5.32 Å². The lowest BCUT2D eigenvalue weighted by atomic mass is 10.1. The summed E-state index contributed by atoms with van der Waals surface area (Å²) in [6.07, 6.45) is 1.86. The molecule has 0 aliphatic carbocycles. The number of hydrogen-bond acceptors (Lipinski definition) is 3. The maximum Gasteiger partial charge on any atom is 0.234 e. The summed E-state index contributed by atoms with van der Waals surface area (Å²) in [5, 5.41) is 3.77. The molecule has 1 aromatic heterocycles. The van der Waals surface area contributed by atoms with E-state index in [4.69, 9.17) is 0 Å². The van der Waals surface area contributed by atoms with E-state index in [-0.39, 0.29) is 11.7 Å². The first-order valence-corrected chi connectivity index (χ1v) is 10.4. The number of nitrogens with zero attached hydrogens (tertiary/aromatic N) is 2. The summed E-state index contributed by atoms with van der Waals surface area (Å²) in [4.78, 5) is 17.1. The molecule has 1 N–H and O–H groups in total. The molecule has 3 aromatic carbocycles. The number of carbonyl (C=O) groups excluding carboxylic acids is 1. The van der Waals surface area contributed by atoms with Gasteiger partial charge in [0.1, 0.15) is 0 Å². The summed E-state index contributed by atoms with van der Waals surface area (Å²) in [6, 6.07) is 28.0. The topological polar surface area (TPSA) is 46.9 Å². The Morgan fingerprint density at radius 2 is 1.59 bits per heavy atom. The molecule has 0 spiro atoms. The van der Waals surface area contributed by atoms with Crippen LogP contribution in [0.2, 0.25) is 0 Å². The van der Waals surface area contributed by atoms with Gasteiger partial charge in [-0.25, -0.2) is 4.98 Å². The van der Waals surface area contributed by atoms with Crippen molar-refractivity contribution in [3.63, 3.8) is 0 Å². The van der Waals surface area contributed by atoms with E-state index in [2.05, 4.69) is 27.0 Å². The van der Waals surface area contributed by atoms with Crippen LogP contribution in [0.25, 0.3) is 16.9 Å². The van der Waals surface area contributed by atoms with Crippen LogP contribution in [0.15, 0.2) is 96.3 Å². The number of anilines is 1. The van der Waals surface area contributed by atoms with Crippen molar-refractivity contribution in [1.29, 1.82) is 0 Å². The molecule has 0 atom stereocenters. The number of aromatic nitrogens is 2. The van der Waals surface area contributed by atoms with Crippen molar-refractivity contribution in [2.45, 2.75) is 12.1 Å². The second-order valence-corrected chi connectivity index (χ2v) is 7.56. The third kappa shape index (κ3) is 4.41. The standard InChI is InChI=1S/C24H21N3OS/c1-18-10-8-9-15-21(18)26-23(28)17-29-24-25-16-22(19-11-4-2-5-12-19)27(24)20-13-6-3-7-14-20/h2-16H,17H2,1H3,(H,26,28). The Labute approximate surface area is 174 Å². The fourth-order valence-corrected chi connectivity index (χ4v) is 3.90. The SMILES string of the molecule is Cc1ccccc1NC(=O)CSc1ncc(-c2ccccc2)n1-c1ccccc1. The average molecular weight is 400 g/mol. The van der Waals surface area contributed by atoms with Crippen LogP contribution in [0.4, 0.5) is 5.69 Å². The number of benzene rings is 3. The van der Waals surface area contributed by atoms with Gasteiger partial charge in [0.25, 0.3) is 0 Å². The Morgan fingerprint density at radius 1 is 0.931 bits per heavy atom. The van der Waals surface area contributed by atoms with Crippen LogP contribution in [0.1, 0.15) is 5.56 Å². The third-order valence-corrected chi connectivity index (χ3v) is 5.52. The second kappa shape index (κ2) is 8.80. The number of aryl methyl sites for hydroxylation is 1. The minimum absolute atomic E-state index is 0.0480. The average Bonchev–Trinajstić information content (AvgIpc) is 3.19. The van der Waals surface area contributed by atoms with Gasteiger partial charge >= 0.3 is 0 Å². The summed E-state index contributed by atoms with van der Waals surface area (Å²) >= 11 is 1.43. The summed E-state index contributed by atoms with van der Waals surface area (Å²) in [6.45, 7) is 1.98.